The Morgan fingerprint density at radius 2 is 2.11 bits per heavy atom. The molecule has 1 aliphatic rings. The molecule has 19 heavy (non-hydrogen) atoms. The first-order valence-corrected chi connectivity index (χ1v) is 6.98. The molecular weight excluding hydrogens is 314 g/mol. The van der Waals surface area contributed by atoms with Crippen LogP contribution in [0.2, 0.25) is 0 Å². The van der Waals surface area contributed by atoms with Gasteiger partial charge in [-0.1, -0.05) is 12.8 Å². The second-order valence-electron chi connectivity index (χ2n) is 4.67. The predicted octanol–water partition coefficient (Wildman–Crippen LogP) is 3.70. The molecule has 2 rings (SSSR count). The number of esters is 1. The summed E-state index contributed by atoms with van der Waals surface area (Å²) in [7, 11) is 0. The molecule has 0 bridgehead atoms. The third kappa shape index (κ3) is 3.53. The first-order chi connectivity index (χ1) is 9.08. The number of carbonyl (C=O) groups is 1. The number of benzene rings is 1. The molecule has 1 aliphatic carbocycles. The summed E-state index contributed by atoms with van der Waals surface area (Å²) < 4.78 is 5.56. The van der Waals surface area contributed by atoms with E-state index in [1.54, 1.807) is 0 Å². The van der Waals surface area contributed by atoms with Gasteiger partial charge in [0.25, 0.3) is 5.69 Å². The molecule has 0 unspecified atom stereocenters. The van der Waals surface area contributed by atoms with Crippen LogP contribution < -0.4 is 0 Å². The van der Waals surface area contributed by atoms with Crippen molar-refractivity contribution in [3.63, 3.8) is 0 Å². The van der Waals surface area contributed by atoms with Crippen LogP contribution in [-0.2, 0) is 4.74 Å². The molecule has 5 nitrogen and oxygen atoms in total. The van der Waals surface area contributed by atoms with Crippen molar-refractivity contribution in [3.05, 3.63) is 38.3 Å². The summed E-state index contributed by atoms with van der Waals surface area (Å²) in [6.07, 6.45) is 4.56. The van der Waals surface area contributed by atoms with Crippen molar-refractivity contribution >= 4 is 27.6 Å². The average molecular weight is 328 g/mol. The van der Waals surface area contributed by atoms with Gasteiger partial charge in [0, 0.05) is 6.07 Å². The standard InChI is InChI=1S/C13H14BrNO4/c14-11-6-5-10(7-12(11)15(17)18)13(16)19-8-9-3-1-2-4-9/h5-7,9H,1-4,8H2. The number of carbonyl (C=O) groups excluding carboxylic acids is 1. The Kier molecular flexibility index (Phi) is 4.52. The highest BCUT2D eigenvalue weighted by molar-refractivity contribution is 9.10. The Morgan fingerprint density at radius 1 is 1.42 bits per heavy atom. The Balaban J connectivity index is 2.02. The van der Waals surface area contributed by atoms with E-state index in [0.29, 0.717) is 17.0 Å². The van der Waals surface area contributed by atoms with Gasteiger partial charge in [-0.15, -0.1) is 0 Å². The largest absolute Gasteiger partial charge is 0.462 e. The van der Waals surface area contributed by atoms with E-state index in [9.17, 15) is 14.9 Å². The second kappa shape index (κ2) is 6.14. The minimum absolute atomic E-state index is 0.129. The van der Waals surface area contributed by atoms with Crippen molar-refractivity contribution in [2.75, 3.05) is 6.61 Å². The summed E-state index contributed by atoms with van der Waals surface area (Å²) in [5.41, 5.74) is 0.0863. The van der Waals surface area contributed by atoms with Gasteiger partial charge in [-0.2, -0.15) is 0 Å². The number of nitro groups is 1. The highest BCUT2D eigenvalue weighted by atomic mass is 79.9. The molecule has 0 amide bonds. The molecule has 1 aromatic rings. The summed E-state index contributed by atoms with van der Waals surface area (Å²) in [5.74, 6) is -0.0584. The van der Waals surface area contributed by atoms with Gasteiger partial charge in [-0.25, -0.2) is 4.79 Å². The van der Waals surface area contributed by atoms with E-state index in [4.69, 9.17) is 4.74 Å². The van der Waals surface area contributed by atoms with Crippen LogP contribution in [0.3, 0.4) is 0 Å². The number of halogens is 1. The van der Waals surface area contributed by atoms with E-state index in [2.05, 4.69) is 15.9 Å². The normalized spacial score (nSPS) is 15.4. The third-order valence-electron chi connectivity index (χ3n) is 3.30. The van der Waals surface area contributed by atoms with E-state index in [-0.39, 0.29) is 11.3 Å². The fourth-order valence-corrected chi connectivity index (χ4v) is 2.62. The topological polar surface area (TPSA) is 69.4 Å². The van der Waals surface area contributed by atoms with Crippen LogP contribution in [0, 0.1) is 16.0 Å². The SMILES string of the molecule is O=C(OCC1CCCC1)c1ccc(Br)c([N+](=O)[O-])c1. The lowest BCUT2D eigenvalue weighted by Gasteiger charge is -2.10. The molecule has 0 spiro atoms. The van der Waals surface area contributed by atoms with E-state index in [1.165, 1.54) is 31.0 Å². The van der Waals surface area contributed by atoms with Gasteiger partial charge in [0.2, 0.25) is 0 Å². The number of hydrogen-bond acceptors (Lipinski definition) is 4. The first kappa shape index (κ1) is 14.0. The summed E-state index contributed by atoms with van der Waals surface area (Å²) in [6.45, 7) is 0.405. The molecule has 1 fully saturated rings. The van der Waals surface area contributed by atoms with Gasteiger partial charge in [0.1, 0.15) is 0 Å². The lowest BCUT2D eigenvalue weighted by atomic mass is 10.1. The summed E-state index contributed by atoms with van der Waals surface area (Å²) >= 11 is 3.08. The van der Waals surface area contributed by atoms with Crippen molar-refractivity contribution in [1.29, 1.82) is 0 Å². The van der Waals surface area contributed by atoms with E-state index in [1.807, 2.05) is 0 Å². The van der Waals surface area contributed by atoms with Crippen LogP contribution >= 0.6 is 15.9 Å². The fraction of sp³-hybridized carbons (Fsp3) is 0.462. The third-order valence-corrected chi connectivity index (χ3v) is 3.97. The van der Waals surface area contributed by atoms with Crippen molar-refractivity contribution in [2.24, 2.45) is 5.92 Å². The lowest BCUT2D eigenvalue weighted by Crippen LogP contribution is -2.12. The van der Waals surface area contributed by atoms with Gasteiger partial charge in [-0.05, 0) is 46.8 Å². The fourth-order valence-electron chi connectivity index (χ4n) is 2.23. The maximum absolute atomic E-state index is 11.8. The number of nitrogens with zero attached hydrogens (tertiary/aromatic N) is 1. The molecule has 0 aromatic heterocycles. The van der Waals surface area contributed by atoms with Crippen molar-refractivity contribution in [2.45, 2.75) is 25.7 Å². The Labute approximate surface area is 119 Å². The molecule has 0 radical (unpaired) electrons. The number of rotatable bonds is 4. The zero-order valence-electron chi connectivity index (χ0n) is 10.3. The molecule has 0 aliphatic heterocycles. The Hall–Kier alpha value is -1.43. The highest BCUT2D eigenvalue weighted by Gasteiger charge is 2.20. The van der Waals surface area contributed by atoms with Gasteiger partial charge < -0.3 is 4.74 Å². The molecule has 0 heterocycles. The maximum atomic E-state index is 11.8. The molecule has 0 atom stereocenters. The molecule has 102 valence electrons. The van der Waals surface area contributed by atoms with Crippen LogP contribution in [0.4, 0.5) is 5.69 Å². The van der Waals surface area contributed by atoms with E-state index >= 15 is 0 Å². The lowest BCUT2D eigenvalue weighted by molar-refractivity contribution is -0.385. The van der Waals surface area contributed by atoms with Crippen molar-refractivity contribution in [3.8, 4) is 0 Å². The van der Waals surface area contributed by atoms with Crippen molar-refractivity contribution in [1.82, 2.24) is 0 Å². The summed E-state index contributed by atoms with van der Waals surface area (Å²) in [5, 5.41) is 10.8. The number of nitro benzene ring substituents is 1. The van der Waals surface area contributed by atoms with Crippen molar-refractivity contribution < 1.29 is 14.5 Å². The van der Waals surface area contributed by atoms with Gasteiger partial charge in [0.15, 0.2) is 0 Å². The first-order valence-electron chi connectivity index (χ1n) is 6.19. The summed E-state index contributed by atoms with van der Waals surface area (Å²) in [4.78, 5) is 22.1. The van der Waals surface area contributed by atoms with Crippen LogP contribution in [0.1, 0.15) is 36.0 Å². The van der Waals surface area contributed by atoms with Gasteiger partial charge >= 0.3 is 5.97 Å². The average Bonchev–Trinajstić information content (AvgIpc) is 2.89. The highest BCUT2D eigenvalue weighted by Crippen LogP contribution is 2.27. The zero-order chi connectivity index (χ0) is 13.8. The number of hydrogen-bond donors (Lipinski definition) is 0. The smallest absolute Gasteiger partial charge is 0.338 e. The molecule has 0 saturated heterocycles. The van der Waals surface area contributed by atoms with E-state index < -0.39 is 10.9 Å². The minimum atomic E-state index is -0.530. The zero-order valence-corrected chi connectivity index (χ0v) is 11.9. The predicted molar refractivity (Wildman–Crippen MR) is 73.0 cm³/mol. The monoisotopic (exact) mass is 327 g/mol. The number of ether oxygens (including phenoxy) is 1. The second-order valence-corrected chi connectivity index (χ2v) is 5.53. The van der Waals surface area contributed by atoms with Crippen LogP contribution in [0.5, 0.6) is 0 Å². The molecule has 1 aromatic carbocycles. The maximum Gasteiger partial charge on any atom is 0.338 e. The van der Waals surface area contributed by atoms with Crippen LogP contribution in [-0.4, -0.2) is 17.5 Å². The molecule has 1 saturated carbocycles. The molecular formula is C13H14BrNO4. The van der Waals surface area contributed by atoms with Crippen LogP contribution in [0.15, 0.2) is 22.7 Å². The molecule has 6 heteroatoms. The Bertz CT molecular complexity index is 497. The van der Waals surface area contributed by atoms with Gasteiger partial charge in [0.05, 0.1) is 21.6 Å². The summed E-state index contributed by atoms with van der Waals surface area (Å²) in [6, 6.07) is 4.25. The minimum Gasteiger partial charge on any atom is -0.462 e. The molecule has 0 N–H and O–H groups in total. The van der Waals surface area contributed by atoms with E-state index in [0.717, 1.165) is 12.8 Å². The van der Waals surface area contributed by atoms with Gasteiger partial charge in [-0.3, -0.25) is 10.1 Å². The Morgan fingerprint density at radius 3 is 2.74 bits per heavy atom. The quantitative estimate of drug-likeness (QED) is 0.480. The van der Waals surface area contributed by atoms with Crippen LogP contribution in [0.25, 0.3) is 0 Å².